The van der Waals surface area contributed by atoms with E-state index in [-0.39, 0.29) is 11.8 Å². The molecule has 22 heavy (non-hydrogen) atoms. The summed E-state index contributed by atoms with van der Waals surface area (Å²) in [7, 11) is 0. The van der Waals surface area contributed by atoms with Crippen molar-refractivity contribution in [2.75, 3.05) is 5.32 Å². The third-order valence-electron chi connectivity index (χ3n) is 4.49. The minimum absolute atomic E-state index is 0.00233. The number of anilines is 1. The first-order valence-electron chi connectivity index (χ1n) is 7.61. The summed E-state index contributed by atoms with van der Waals surface area (Å²) in [6, 6.07) is 8.06. The van der Waals surface area contributed by atoms with Gasteiger partial charge < -0.3 is 14.7 Å². The standard InChI is InChI=1S/C17H18N4O/c1-11-8-16(21-7-3-2-4-15(11)21)20-17(22)12-5-6-13-14(9-12)19-10-18-13/h2-4,7-8,10,12H,5-6,9H2,1H3,(H,18,19)(H,20,22)/t12-/m1/s1. The number of aromatic amines is 1. The Hall–Kier alpha value is -2.56. The summed E-state index contributed by atoms with van der Waals surface area (Å²) in [5, 5.41) is 3.09. The molecule has 0 aromatic carbocycles. The van der Waals surface area contributed by atoms with Gasteiger partial charge in [-0.3, -0.25) is 4.79 Å². The quantitative estimate of drug-likeness (QED) is 0.763. The number of hydrogen-bond acceptors (Lipinski definition) is 2. The number of nitrogens with one attached hydrogen (secondary N) is 2. The van der Waals surface area contributed by atoms with E-state index in [0.29, 0.717) is 0 Å². The van der Waals surface area contributed by atoms with Crippen molar-refractivity contribution < 1.29 is 4.79 Å². The number of imidazole rings is 1. The van der Waals surface area contributed by atoms with Crippen molar-refractivity contribution >= 4 is 17.2 Å². The highest BCUT2D eigenvalue weighted by molar-refractivity contribution is 5.93. The fraction of sp³-hybridized carbons (Fsp3) is 0.294. The van der Waals surface area contributed by atoms with Crippen LogP contribution in [0.5, 0.6) is 0 Å². The molecular formula is C17H18N4O. The first-order chi connectivity index (χ1) is 10.7. The van der Waals surface area contributed by atoms with E-state index in [1.165, 1.54) is 0 Å². The van der Waals surface area contributed by atoms with Crippen molar-refractivity contribution in [3.63, 3.8) is 0 Å². The highest BCUT2D eigenvalue weighted by atomic mass is 16.1. The van der Waals surface area contributed by atoms with Crippen LogP contribution in [0.25, 0.3) is 5.52 Å². The van der Waals surface area contributed by atoms with Crippen LogP contribution >= 0.6 is 0 Å². The first-order valence-corrected chi connectivity index (χ1v) is 7.61. The summed E-state index contributed by atoms with van der Waals surface area (Å²) in [4.78, 5) is 20.0. The molecule has 3 aromatic heterocycles. The van der Waals surface area contributed by atoms with Gasteiger partial charge in [0.1, 0.15) is 5.82 Å². The Kier molecular flexibility index (Phi) is 2.99. The molecule has 5 heteroatoms. The van der Waals surface area contributed by atoms with Gasteiger partial charge in [-0.25, -0.2) is 4.98 Å². The lowest BCUT2D eigenvalue weighted by molar-refractivity contribution is -0.120. The molecule has 0 aliphatic heterocycles. The Balaban J connectivity index is 1.57. The number of pyridine rings is 1. The van der Waals surface area contributed by atoms with Crippen molar-refractivity contribution in [3.8, 4) is 0 Å². The number of amides is 1. The van der Waals surface area contributed by atoms with E-state index in [1.807, 2.05) is 28.8 Å². The predicted octanol–water partition coefficient (Wildman–Crippen LogP) is 2.71. The number of carbonyl (C=O) groups is 1. The third kappa shape index (κ3) is 2.09. The summed E-state index contributed by atoms with van der Waals surface area (Å²) >= 11 is 0. The van der Waals surface area contributed by atoms with Crippen molar-refractivity contribution in [2.24, 2.45) is 5.92 Å². The zero-order chi connectivity index (χ0) is 15.1. The van der Waals surface area contributed by atoms with Crippen LogP contribution in [0.3, 0.4) is 0 Å². The van der Waals surface area contributed by atoms with Gasteiger partial charge in [0.05, 0.1) is 12.0 Å². The van der Waals surface area contributed by atoms with Gasteiger partial charge in [0.15, 0.2) is 0 Å². The molecule has 1 aliphatic carbocycles. The maximum absolute atomic E-state index is 12.6. The van der Waals surface area contributed by atoms with Crippen molar-refractivity contribution in [1.82, 2.24) is 14.4 Å². The largest absolute Gasteiger partial charge is 0.348 e. The molecule has 0 fully saturated rings. The zero-order valence-corrected chi connectivity index (χ0v) is 12.5. The summed E-state index contributed by atoms with van der Waals surface area (Å²) in [6.45, 7) is 2.06. The van der Waals surface area contributed by atoms with Gasteiger partial charge in [-0.05, 0) is 43.5 Å². The van der Waals surface area contributed by atoms with Gasteiger partial charge in [-0.2, -0.15) is 0 Å². The second-order valence-corrected chi connectivity index (χ2v) is 5.93. The van der Waals surface area contributed by atoms with E-state index >= 15 is 0 Å². The molecule has 0 saturated carbocycles. The lowest BCUT2D eigenvalue weighted by atomic mass is 9.89. The van der Waals surface area contributed by atoms with Crippen LogP contribution in [0.2, 0.25) is 0 Å². The molecule has 0 bridgehead atoms. The van der Waals surface area contributed by atoms with Crippen LogP contribution in [0.4, 0.5) is 5.82 Å². The highest BCUT2D eigenvalue weighted by Gasteiger charge is 2.26. The van der Waals surface area contributed by atoms with Crippen molar-refractivity contribution in [1.29, 1.82) is 0 Å². The molecule has 112 valence electrons. The van der Waals surface area contributed by atoms with Crippen LogP contribution in [0.15, 0.2) is 36.8 Å². The lowest BCUT2D eigenvalue weighted by Gasteiger charge is -2.20. The number of aromatic nitrogens is 3. The minimum Gasteiger partial charge on any atom is -0.348 e. The highest BCUT2D eigenvalue weighted by Crippen LogP contribution is 2.25. The lowest BCUT2D eigenvalue weighted by Crippen LogP contribution is -2.28. The molecule has 2 N–H and O–H groups in total. The Bertz CT molecular complexity index is 845. The summed E-state index contributed by atoms with van der Waals surface area (Å²) < 4.78 is 2.03. The fourth-order valence-corrected chi connectivity index (χ4v) is 3.27. The number of nitrogens with zero attached hydrogens (tertiary/aromatic N) is 2. The second-order valence-electron chi connectivity index (χ2n) is 5.93. The van der Waals surface area contributed by atoms with Gasteiger partial charge >= 0.3 is 0 Å². The van der Waals surface area contributed by atoms with E-state index < -0.39 is 0 Å². The van der Waals surface area contributed by atoms with E-state index in [1.54, 1.807) is 6.33 Å². The summed E-state index contributed by atoms with van der Waals surface area (Å²) in [5.74, 6) is 0.930. The number of aryl methyl sites for hydroxylation is 2. The first kappa shape index (κ1) is 13.1. The molecule has 3 heterocycles. The van der Waals surface area contributed by atoms with Crippen molar-refractivity contribution in [3.05, 3.63) is 53.7 Å². The SMILES string of the molecule is Cc1cc(NC(=O)[C@@H]2CCc3nc[nH]c3C2)n2ccccc12. The number of H-pyrrole nitrogens is 1. The Labute approximate surface area is 128 Å². The maximum Gasteiger partial charge on any atom is 0.229 e. The molecule has 5 nitrogen and oxygen atoms in total. The van der Waals surface area contributed by atoms with Crippen LogP contribution < -0.4 is 5.32 Å². The van der Waals surface area contributed by atoms with E-state index in [0.717, 1.165) is 47.5 Å². The molecular weight excluding hydrogens is 276 g/mol. The number of rotatable bonds is 2. The van der Waals surface area contributed by atoms with Gasteiger partial charge in [0, 0.05) is 29.7 Å². The van der Waals surface area contributed by atoms with Crippen LogP contribution in [0, 0.1) is 12.8 Å². The molecule has 1 aliphatic rings. The van der Waals surface area contributed by atoms with E-state index in [4.69, 9.17) is 0 Å². The number of hydrogen-bond donors (Lipinski definition) is 2. The predicted molar refractivity (Wildman–Crippen MR) is 84.9 cm³/mol. The molecule has 0 spiro atoms. The van der Waals surface area contributed by atoms with E-state index in [9.17, 15) is 4.79 Å². The van der Waals surface area contributed by atoms with Gasteiger partial charge in [0.2, 0.25) is 5.91 Å². The monoisotopic (exact) mass is 294 g/mol. The normalized spacial score (nSPS) is 17.4. The molecule has 1 atom stereocenters. The molecule has 3 aromatic rings. The van der Waals surface area contributed by atoms with Gasteiger partial charge in [0.25, 0.3) is 0 Å². The zero-order valence-electron chi connectivity index (χ0n) is 12.5. The summed E-state index contributed by atoms with van der Waals surface area (Å²) in [6.07, 6.45) is 6.15. The van der Waals surface area contributed by atoms with Gasteiger partial charge in [-0.1, -0.05) is 6.07 Å². The Morgan fingerprint density at radius 1 is 1.45 bits per heavy atom. The van der Waals surface area contributed by atoms with E-state index in [2.05, 4.69) is 28.3 Å². The molecule has 0 unspecified atom stereocenters. The van der Waals surface area contributed by atoms with Crippen molar-refractivity contribution in [2.45, 2.75) is 26.2 Å². The maximum atomic E-state index is 12.6. The summed E-state index contributed by atoms with van der Waals surface area (Å²) in [5.41, 5.74) is 4.49. The average molecular weight is 294 g/mol. The van der Waals surface area contributed by atoms with Crippen LogP contribution in [-0.4, -0.2) is 20.3 Å². The average Bonchev–Trinajstić information content (AvgIpc) is 3.12. The number of carbonyl (C=O) groups excluding carboxylic acids is 1. The molecule has 0 saturated heterocycles. The Morgan fingerprint density at radius 2 is 2.36 bits per heavy atom. The molecule has 4 rings (SSSR count). The topological polar surface area (TPSA) is 62.2 Å². The molecule has 1 amide bonds. The fourth-order valence-electron chi connectivity index (χ4n) is 3.27. The molecule has 0 radical (unpaired) electrons. The smallest absolute Gasteiger partial charge is 0.229 e. The third-order valence-corrected chi connectivity index (χ3v) is 4.49. The Morgan fingerprint density at radius 3 is 3.27 bits per heavy atom. The van der Waals surface area contributed by atoms with Crippen LogP contribution in [0.1, 0.15) is 23.4 Å². The minimum atomic E-state index is 0.00233. The second kappa shape index (κ2) is 5.02. The van der Waals surface area contributed by atoms with Crippen LogP contribution in [-0.2, 0) is 17.6 Å². The number of fused-ring (bicyclic) bond motifs is 2. The van der Waals surface area contributed by atoms with Gasteiger partial charge in [-0.15, -0.1) is 0 Å².